The van der Waals surface area contributed by atoms with Gasteiger partial charge in [0.2, 0.25) is 18.2 Å². The van der Waals surface area contributed by atoms with Gasteiger partial charge in [-0.15, -0.1) is 10.2 Å². The maximum Gasteiger partial charge on any atom is 0.247 e. The number of hydrogen-bond acceptors (Lipinski definition) is 5. The Morgan fingerprint density at radius 3 is 2.82 bits per heavy atom. The number of nitrogens with zero attached hydrogens (tertiary/aromatic N) is 4. The molecule has 1 aliphatic carbocycles. The number of fused-ring (bicyclic) bond motifs is 1. The molecular weight excluding hydrogens is 282 g/mol. The summed E-state index contributed by atoms with van der Waals surface area (Å²) >= 11 is 0. The number of aryl methyl sites for hydroxylation is 1. The lowest BCUT2D eigenvalue weighted by Crippen LogP contribution is -2.48. The molecular formula is C15H15N5O2. The molecule has 0 bridgehead atoms. The smallest absolute Gasteiger partial charge is 0.247 e. The number of imidazole rings is 1. The molecule has 0 radical (unpaired) electrons. The van der Waals surface area contributed by atoms with Crippen LogP contribution in [0.4, 0.5) is 0 Å². The van der Waals surface area contributed by atoms with Gasteiger partial charge in [-0.25, -0.2) is 4.98 Å². The lowest BCUT2D eigenvalue weighted by Gasteiger charge is -2.37. The van der Waals surface area contributed by atoms with E-state index in [9.17, 15) is 4.79 Å². The van der Waals surface area contributed by atoms with E-state index < -0.39 is 5.41 Å². The number of rotatable bonds is 3. The van der Waals surface area contributed by atoms with E-state index in [1.165, 1.54) is 6.39 Å². The number of aromatic nitrogens is 4. The first-order valence-electron chi connectivity index (χ1n) is 7.15. The predicted molar refractivity (Wildman–Crippen MR) is 78.7 cm³/mol. The summed E-state index contributed by atoms with van der Waals surface area (Å²) in [6.45, 7) is 0. The first kappa shape index (κ1) is 13.0. The monoisotopic (exact) mass is 297 g/mol. The predicted octanol–water partition coefficient (Wildman–Crippen LogP) is 1.53. The molecule has 22 heavy (non-hydrogen) atoms. The normalized spacial score (nSPS) is 16.6. The number of carbonyl (C=O) groups excluding carboxylic acids is 1. The second-order valence-corrected chi connectivity index (χ2v) is 5.74. The molecule has 112 valence electrons. The van der Waals surface area contributed by atoms with Gasteiger partial charge in [0.1, 0.15) is 11.2 Å². The topological polar surface area (TPSA) is 99.8 Å². The van der Waals surface area contributed by atoms with Gasteiger partial charge in [-0.1, -0.05) is 6.42 Å². The van der Waals surface area contributed by atoms with Crippen LogP contribution in [-0.4, -0.2) is 25.7 Å². The zero-order chi connectivity index (χ0) is 15.3. The third-order valence-corrected chi connectivity index (χ3v) is 4.59. The highest BCUT2D eigenvalue weighted by atomic mass is 16.4. The summed E-state index contributed by atoms with van der Waals surface area (Å²) in [4.78, 5) is 16.6. The Kier molecular flexibility index (Phi) is 2.60. The zero-order valence-electron chi connectivity index (χ0n) is 12.1. The summed E-state index contributed by atoms with van der Waals surface area (Å²) in [7, 11) is 1.91. The van der Waals surface area contributed by atoms with Crippen molar-refractivity contribution < 1.29 is 9.21 Å². The Balaban J connectivity index is 1.89. The van der Waals surface area contributed by atoms with E-state index in [1.807, 2.05) is 29.8 Å². The van der Waals surface area contributed by atoms with E-state index in [-0.39, 0.29) is 5.91 Å². The number of hydrogen-bond donors (Lipinski definition) is 1. The van der Waals surface area contributed by atoms with Crippen LogP contribution in [0, 0.1) is 0 Å². The molecule has 0 spiro atoms. The Morgan fingerprint density at radius 1 is 1.41 bits per heavy atom. The molecule has 1 amide bonds. The number of benzene rings is 1. The maximum absolute atomic E-state index is 11.9. The highest BCUT2D eigenvalue weighted by molar-refractivity contribution is 5.89. The second-order valence-electron chi connectivity index (χ2n) is 5.74. The first-order valence-corrected chi connectivity index (χ1v) is 7.15. The van der Waals surface area contributed by atoms with Gasteiger partial charge in [-0.3, -0.25) is 4.79 Å². The van der Waals surface area contributed by atoms with Crippen molar-refractivity contribution in [2.75, 3.05) is 0 Å². The molecule has 2 aromatic heterocycles. The highest BCUT2D eigenvalue weighted by Gasteiger charge is 2.47. The largest absolute Gasteiger partial charge is 0.423 e. The van der Waals surface area contributed by atoms with E-state index in [2.05, 4.69) is 15.2 Å². The SMILES string of the molecule is Cn1c(C2(C(N)=O)CCC2)nc2ccc(-c3nnco3)cc21. The van der Waals surface area contributed by atoms with Crippen LogP contribution < -0.4 is 5.73 Å². The molecule has 0 saturated heterocycles. The number of amides is 1. The van der Waals surface area contributed by atoms with Crippen molar-refractivity contribution in [3.8, 4) is 11.5 Å². The summed E-state index contributed by atoms with van der Waals surface area (Å²) in [6.07, 6.45) is 3.82. The molecule has 1 fully saturated rings. The van der Waals surface area contributed by atoms with Gasteiger partial charge in [0, 0.05) is 12.6 Å². The zero-order valence-corrected chi connectivity index (χ0v) is 12.1. The Labute approximate surface area is 126 Å². The molecule has 7 nitrogen and oxygen atoms in total. The minimum absolute atomic E-state index is 0.297. The first-order chi connectivity index (χ1) is 10.6. The molecule has 2 N–H and O–H groups in total. The van der Waals surface area contributed by atoms with Crippen molar-refractivity contribution in [3.63, 3.8) is 0 Å². The molecule has 0 aliphatic heterocycles. The van der Waals surface area contributed by atoms with Gasteiger partial charge in [-0.2, -0.15) is 0 Å². The molecule has 7 heteroatoms. The van der Waals surface area contributed by atoms with Crippen LogP contribution >= 0.6 is 0 Å². The molecule has 4 rings (SSSR count). The van der Waals surface area contributed by atoms with Crippen LogP contribution in [-0.2, 0) is 17.3 Å². The van der Waals surface area contributed by atoms with Crippen LogP contribution in [0.2, 0.25) is 0 Å². The molecule has 2 heterocycles. The van der Waals surface area contributed by atoms with Gasteiger partial charge in [-0.05, 0) is 31.0 Å². The average Bonchev–Trinajstić information content (AvgIpc) is 3.07. The van der Waals surface area contributed by atoms with E-state index in [4.69, 9.17) is 10.2 Å². The van der Waals surface area contributed by atoms with Gasteiger partial charge in [0.15, 0.2) is 0 Å². The molecule has 1 aliphatic rings. The van der Waals surface area contributed by atoms with E-state index >= 15 is 0 Å². The minimum Gasteiger partial charge on any atom is -0.423 e. The summed E-state index contributed by atoms with van der Waals surface area (Å²) in [5.41, 5.74) is 7.57. The van der Waals surface area contributed by atoms with Gasteiger partial charge in [0.05, 0.1) is 11.0 Å². The van der Waals surface area contributed by atoms with Crippen molar-refractivity contribution >= 4 is 16.9 Å². The number of carbonyl (C=O) groups is 1. The quantitative estimate of drug-likeness (QED) is 0.790. The summed E-state index contributed by atoms with van der Waals surface area (Å²) in [5, 5.41) is 7.60. The van der Waals surface area contributed by atoms with E-state index in [1.54, 1.807) is 0 Å². The van der Waals surface area contributed by atoms with Crippen LogP contribution in [0.1, 0.15) is 25.1 Å². The van der Waals surface area contributed by atoms with Crippen LogP contribution in [0.3, 0.4) is 0 Å². The van der Waals surface area contributed by atoms with Crippen molar-refractivity contribution in [2.45, 2.75) is 24.7 Å². The highest BCUT2D eigenvalue weighted by Crippen LogP contribution is 2.43. The van der Waals surface area contributed by atoms with Crippen LogP contribution in [0.25, 0.3) is 22.5 Å². The molecule has 0 atom stereocenters. The fourth-order valence-electron chi connectivity index (χ4n) is 3.16. The maximum atomic E-state index is 11.9. The van der Waals surface area contributed by atoms with Crippen molar-refractivity contribution in [3.05, 3.63) is 30.4 Å². The lowest BCUT2D eigenvalue weighted by molar-refractivity contribution is -0.127. The van der Waals surface area contributed by atoms with Crippen molar-refractivity contribution in [1.29, 1.82) is 0 Å². The fourth-order valence-corrected chi connectivity index (χ4v) is 3.16. The Morgan fingerprint density at radius 2 is 2.23 bits per heavy atom. The van der Waals surface area contributed by atoms with Crippen molar-refractivity contribution in [1.82, 2.24) is 19.7 Å². The summed E-state index contributed by atoms with van der Waals surface area (Å²) < 4.78 is 7.17. The summed E-state index contributed by atoms with van der Waals surface area (Å²) in [5.74, 6) is 0.899. The van der Waals surface area contributed by atoms with Gasteiger partial charge in [0.25, 0.3) is 0 Å². The van der Waals surface area contributed by atoms with Gasteiger partial charge >= 0.3 is 0 Å². The Hall–Kier alpha value is -2.70. The number of primary amides is 1. The third kappa shape index (κ3) is 1.62. The average molecular weight is 297 g/mol. The van der Waals surface area contributed by atoms with Crippen LogP contribution in [0.15, 0.2) is 29.0 Å². The number of nitrogens with two attached hydrogens (primary N) is 1. The molecule has 1 saturated carbocycles. The van der Waals surface area contributed by atoms with Crippen LogP contribution in [0.5, 0.6) is 0 Å². The third-order valence-electron chi connectivity index (χ3n) is 4.59. The standard InChI is InChI=1S/C15H15N5O2/c1-20-11-7-9(12-19-17-8-22-12)3-4-10(11)18-14(20)15(13(16)21)5-2-6-15/h3-4,7-8H,2,5-6H2,1H3,(H2,16,21). The van der Waals surface area contributed by atoms with Crippen molar-refractivity contribution in [2.24, 2.45) is 12.8 Å². The molecule has 1 aromatic carbocycles. The summed E-state index contributed by atoms with van der Waals surface area (Å²) in [6, 6.07) is 5.71. The molecule has 3 aromatic rings. The fraction of sp³-hybridized carbons (Fsp3) is 0.333. The van der Waals surface area contributed by atoms with E-state index in [0.717, 1.165) is 41.7 Å². The molecule has 0 unspecified atom stereocenters. The minimum atomic E-state index is -0.627. The second kappa shape index (κ2) is 4.40. The lowest BCUT2D eigenvalue weighted by atomic mass is 9.67. The van der Waals surface area contributed by atoms with E-state index in [0.29, 0.717) is 5.89 Å². The van der Waals surface area contributed by atoms with Gasteiger partial charge < -0.3 is 14.7 Å². The Bertz CT molecular complexity index is 862.